The molecule has 1 unspecified atom stereocenters. The van der Waals surface area contributed by atoms with Gasteiger partial charge in [-0.15, -0.1) is 0 Å². The van der Waals surface area contributed by atoms with Crippen molar-refractivity contribution in [1.82, 2.24) is 5.48 Å². The Bertz CT molecular complexity index is 150. The molecule has 5 heteroatoms. The van der Waals surface area contributed by atoms with Gasteiger partial charge in [0.2, 0.25) is 0 Å². The predicted molar refractivity (Wildman–Crippen MR) is 48.8 cm³/mol. The normalized spacial score (nSPS) is 13.0. The quantitative estimate of drug-likeness (QED) is 0.444. The number of carbonyl (C=O) groups excluding carboxylic acids is 1. The zero-order valence-corrected chi connectivity index (χ0v) is 8.37. The zero-order chi connectivity index (χ0) is 10.3. The second-order valence-electron chi connectivity index (χ2n) is 3.08. The molecule has 5 nitrogen and oxygen atoms in total. The van der Waals surface area contributed by atoms with Crippen molar-refractivity contribution < 1.29 is 14.4 Å². The van der Waals surface area contributed by atoms with Crippen LogP contribution in [0.5, 0.6) is 0 Å². The maximum Gasteiger partial charge on any atom is 0.260 e. The van der Waals surface area contributed by atoms with E-state index in [9.17, 15) is 4.79 Å². The van der Waals surface area contributed by atoms with Crippen LogP contribution in [0, 0.1) is 5.92 Å². The highest BCUT2D eigenvalue weighted by atomic mass is 16.7. The topological polar surface area (TPSA) is 73.6 Å². The Morgan fingerprint density at radius 2 is 2.08 bits per heavy atom. The fourth-order valence-corrected chi connectivity index (χ4v) is 0.618. The first-order chi connectivity index (χ1) is 6.09. The van der Waals surface area contributed by atoms with Crippen molar-refractivity contribution in [1.29, 1.82) is 0 Å². The molecule has 0 aliphatic heterocycles. The maximum atomic E-state index is 11.1. The van der Waals surface area contributed by atoms with Gasteiger partial charge in [-0.1, -0.05) is 13.8 Å². The Labute approximate surface area is 78.5 Å². The molecule has 0 heterocycles. The molecule has 0 saturated heterocycles. The summed E-state index contributed by atoms with van der Waals surface area (Å²) in [5.74, 6) is -0.197. The first-order valence-corrected chi connectivity index (χ1v) is 4.25. The second kappa shape index (κ2) is 6.82. The van der Waals surface area contributed by atoms with Crippen LogP contribution in [0.25, 0.3) is 0 Å². The number of hydrogen-bond acceptors (Lipinski definition) is 4. The molecule has 0 aromatic heterocycles. The number of methoxy groups -OCH3 is 1. The van der Waals surface area contributed by atoms with E-state index in [0.717, 1.165) is 0 Å². The third kappa shape index (κ3) is 5.57. The first-order valence-electron chi connectivity index (χ1n) is 4.25. The van der Waals surface area contributed by atoms with Crippen LogP contribution in [0.3, 0.4) is 0 Å². The summed E-state index contributed by atoms with van der Waals surface area (Å²) in [6.45, 7) is 4.52. The summed E-state index contributed by atoms with van der Waals surface area (Å²) in [7, 11) is 1.56. The summed E-state index contributed by atoms with van der Waals surface area (Å²) in [6.07, 6.45) is 0. The fraction of sp³-hybridized carbons (Fsp3) is 0.875. The maximum absolute atomic E-state index is 11.1. The van der Waals surface area contributed by atoms with Crippen molar-refractivity contribution >= 4 is 5.91 Å². The van der Waals surface area contributed by atoms with E-state index in [2.05, 4.69) is 5.48 Å². The van der Waals surface area contributed by atoms with E-state index in [0.29, 0.717) is 13.2 Å². The molecule has 0 aromatic carbocycles. The number of nitrogens with two attached hydrogens (primary N) is 1. The van der Waals surface area contributed by atoms with Gasteiger partial charge in [0.05, 0.1) is 19.3 Å². The van der Waals surface area contributed by atoms with Crippen LogP contribution in [0.2, 0.25) is 0 Å². The van der Waals surface area contributed by atoms with E-state index < -0.39 is 6.04 Å². The minimum atomic E-state index is -0.525. The van der Waals surface area contributed by atoms with Crippen LogP contribution in [0.1, 0.15) is 13.8 Å². The van der Waals surface area contributed by atoms with Gasteiger partial charge in [0, 0.05) is 7.11 Å². The van der Waals surface area contributed by atoms with Crippen LogP contribution in [0.15, 0.2) is 0 Å². The average molecular weight is 190 g/mol. The molecule has 0 bridgehead atoms. The highest BCUT2D eigenvalue weighted by Crippen LogP contribution is 1.97. The smallest absolute Gasteiger partial charge is 0.260 e. The Hall–Kier alpha value is -0.650. The van der Waals surface area contributed by atoms with Crippen LogP contribution in [-0.4, -0.2) is 32.3 Å². The number of rotatable bonds is 6. The zero-order valence-electron chi connectivity index (χ0n) is 8.37. The van der Waals surface area contributed by atoms with Crippen molar-refractivity contribution in [2.24, 2.45) is 11.7 Å². The molecule has 0 spiro atoms. The van der Waals surface area contributed by atoms with Gasteiger partial charge in [0.1, 0.15) is 0 Å². The number of hydrogen-bond donors (Lipinski definition) is 2. The lowest BCUT2D eigenvalue weighted by Crippen LogP contribution is -2.44. The third-order valence-corrected chi connectivity index (χ3v) is 1.58. The molecule has 0 aromatic rings. The summed E-state index contributed by atoms with van der Waals surface area (Å²) in [6, 6.07) is -0.525. The van der Waals surface area contributed by atoms with Gasteiger partial charge in [-0.2, -0.15) is 0 Å². The lowest BCUT2D eigenvalue weighted by molar-refractivity contribution is -0.136. The van der Waals surface area contributed by atoms with Gasteiger partial charge in [-0.25, -0.2) is 5.48 Å². The Balaban J connectivity index is 3.50. The lowest BCUT2D eigenvalue weighted by Gasteiger charge is -2.14. The van der Waals surface area contributed by atoms with Crippen LogP contribution in [0.4, 0.5) is 0 Å². The van der Waals surface area contributed by atoms with E-state index in [4.69, 9.17) is 15.3 Å². The molecule has 1 amide bonds. The average Bonchev–Trinajstić information content (AvgIpc) is 2.10. The van der Waals surface area contributed by atoms with Gasteiger partial charge < -0.3 is 10.5 Å². The van der Waals surface area contributed by atoms with Crippen molar-refractivity contribution in [3.8, 4) is 0 Å². The monoisotopic (exact) mass is 190 g/mol. The van der Waals surface area contributed by atoms with E-state index in [-0.39, 0.29) is 11.8 Å². The molecule has 0 fully saturated rings. The summed E-state index contributed by atoms with van der Waals surface area (Å²) in [5, 5.41) is 0. The van der Waals surface area contributed by atoms with E-state index in [1.54, 1.807) is 7.11 Å². The third-order valence-electron chi connectivity index (χ3n) is 1.58. The molecular weight excluding hydrogens is 172 g/mol. The standard InChI is InChI=1S/C8H18N2O3/c1-6(2)7(9)8(11)10-13-5-4-12-3/h6-7H,4-5,9H2,1-3H3,(H,10,11). The molecule has 13 heavy (non-hydrogen) atoms. The summed E-state index contributed by atoms with van der Waals surface area (Å²) < 4.78 is 4.72. The molecule has 1 atom stereocenters. The molecule has 0 aliphatic rings. The fourth-order valence-electron chi connectivity index (χ4n) is 0.618. The van der Waals surface area contributed by atoms with Crippen molar-refractivity contribution in [2.75, 3.05) is 20.3 Å². The molecule has 0 rings (SSSR count). The van der Waals surface area contributed by atoms with Crippen LogP contribution < -0.4 is 11.2 Å². The first kappa shape index (κ1) is 12.3. The van der Waals surface area contributed by atoms with Crippen molar-refractivity contribution in [2.45, 2.75) is 19.9 Å². The van der Waals surface area contributed by atoms with Gasteiger partial charge in [0.15, 0.2) is 0 Å². The van der Waals surface area contributed by atoms with Gasteiger partial charge in [0.25, 0.3) is 5.91 Å². The Morgan fingerprint density at radius 1 is 1.46 bits per heavy atom. The highest BCUT2D eigenvalue weighted by Gasteiger charge is 2.16. The van der Waals surface area contributed by atoms with E-state index >= 15 is 0 Å². The minimum Gasteiger partial charge on any atom is -0.382 e. The number of carbonyl (C=O) groups is 1. The van der Waals surface area contributed by atoms with Gasteiger partial charge in [-0.05, 0) is 5.92 Å². The van der Waals surface area contributed by atoms with Gasteiger partial charge in [-0.3, -0.25) is 9.63 Å². The Kier molecular flexibility index (Phi) is 6.48. The summed E-state index contributed by atoms with van der Waals surface area (Å²) >= 11 is 0. The van der Waals surface area contributed by atoms with Gasteiger partial charge >= 0.3 is 0 Å². The molecule has 78 valence electrons. The second-order valence-corrected chi connectivity index (χ2v) is 3.08. The SMILES string of the molecule is COCCONC(=O)C(N)C(C)C. The van der Waals surface area contributed by atoms with E-state index in [1.807, 2.05) is 13.8 Å². The van der Waals surface area contributed by atoms with Crippen molar-refractivity contribution in [3.05, 3.63) is 0 Å². The molecule has 0 saturated carbocycles. The predicted octanol–water partition coefficient (Wildman–Crippen LogP) is -0.336. The summed E-state index contributed by atoms with van der Waals surface area (Å²) in [4.78, 5) is 15.9. The number of amides is 1. The summed E-state index contributed by atoms with van der Waals surface area (Å²) in [5.41, 5.74) is 7.81. The number of ether oxygens (including phenoxy) is 1. The molecule has 0 aliphatic carbocycles. The van der Waals surface area contributed by atoms with Crippen molar-refractivity contribution in [3.63, 3.8) is 0 Å². The Morgan fingerprint density at radius 3 is 2.54 bits per heavy atom. The van der Waals surface area contributed by atoms with Crippen LogP contribution >= 0.6 is 0 Å². The minimum absolute atomic E-state index is 0.103. The molecule has 0 radical (unpaired) electrons. The highest BCUT2D eigenvalue weighted by molar-refractivity contribution is 5.80. The lowest BCUT2D eigenvalue weighted by atomic mass is 10.1. The molecule has 3 N–H and O–H groups in total. The number of hydroxylamine groups is 1. The largest absolute Gasteiger partial charge is 0.382 e. The molecular formula is C8H18N2O3. The van der Waals surface area contributed by atoms with Crippen LogP contribution in [-0.2, 0) is 14.4 Å². The number of nitrogens with one attached hydrogen (secondary N) is 1. The van der Waals surface area contributed by atoms with E-state index in [1.165, 1.54) is 0 Å².